The number of likely N-dealkylation sites (tertiary alicyclic amines) is 1. The summed E-state index contributed by atoms with van der Waals surface area (Å²) in [6.45, 7) is 21.6. The Balaban J connectivity index is 0.000000208. The van der Waals surface area contributed by atoms with Gasteiger partial charge in [0.25, 0.3) is 0 Å². The SMILES string of the molecule is CC(C)C(=O)Cl.Cc1cc(Nc2ncc(Cl)c(Nc3cn(C)nc3S(=O)(=O)C(C)C)n2)c(OC2CC2)cc1C1CCN(C(=O)C(C)C)CC1.Cc1cc(Nc2ncc(Cl)c(Nc3cn(C)nc3S(=O)(=O)C(C)C)n2)c(OC2CC2)cc1C1CCNCC1. The van der Waals surface area contributed by atoms with Crippen molar-refractivity contribution in [1.29, 1.82) is 0 Å². The summed E-state index contributed by atoms with van der Waals surface area (Å²) in [7, 11) is -3.96. The third kappa shape index (κ3) is 17.1. The fourth-order valence-corrected chi connectivity index (χ4v) is 12.3. The predicted molar refractivity (Wildman–Crippen MR) is 342 cm³/mol. The van der Waals surface area contributed by atoms with Crippen LogP contribution in [0, 0.1) is 25.7 Å². The second-order valence-corrected chi connectivity index (χ2v) is 29.8. The number of hydrogen-bond acceptors (Lipinski definition) is 19. The van der Waals surface area contributed by atoms with Crippen LogP contribution in [-0.4, -0.2) is 121 Å². The third-order valence-electron chi connectivity index (χ3n) is 15.2. The van der Waals surface area contributed by atoms with Gasteiger partial charge in [-0.05, 0) is 176 Å². The molecule has 2 saturated heterocycles. The van der Waals surface area contributed by atoms with Gasteiger partial charge in [-0.15, -0.1) is 0 Å². The molecule has 2 aliphatic heterocycles. The van der Waals surface area contributed by atoms with Gasteiger partial charge in [-0.2, -0.15) is 20.2 Å². The van der Waals surface area contributed by atoms with Crippen molar-refractivity contribution in [2.24, 2.45) is 25.9 Å². The number of halogens is 3. The molecule has 4 aromatic heterocycles. The van der Waals surface area contributed by atoms with Gasteiger partial charge in [-0.3, -0.25) is 19.0 Å². The molecular formula is C60H81Cl3N14O8S2. The van der Waals surface area contributed by atoms with E-state index in [9.17, 15) is 26.4 Å². The van der Waals surface area contributed by atoms with Crippen LogP contribution >= 0.6 is 34.8 Å². The Morgan fingerprint density at radius 2 is 0.977 bits per heavy atom. The van der Waals surface area contributed by atoms with Crippen LogP contribution in [0.1, 0.15) is 141 Å². The van der Waals surface area contributed by atoms with Crippen LogP contribution in [0.2, 0.25) is 10.0 Å². The Bertz CT molecular complexity index is 3670. The number of piperidine rings is 2. The zero-order valence-electron chi connectivity index (χ0n) is 51.5. The molecule has 6 heterocycles. The fraction of sp³-hybridized carbons (Fsp3) is 0.533. The third-order valence-corrected chi connectivity index (χ3v) is 20.4. The number of carbonyl (C=O) groups excluding carboxylic acids is 2. The molecule has 4 fully saturated rings. The lowest BCUT2D eigenvalue weighted by molar-refractivity contribution is -0.135. The second kappa shape index (κ2) is 28.5. The van der Waals surface area contributed by atoms with Gasteiger partial charge in [0.1, 0.15) is 21.5 Å². The average molecular weight is 1300 g/mol. The van der Waals surface area contributed by atoms with Crippen LogP contribution < -0.4 is 36.1 Å². The summed E-state index contributed by atoms with van der Waals surface area (Å²) in [5.74, 6) is 3.66. The van der Waals surface area contributed by atoms with Gasteiger partial charge in [-0.1, -0.05) is 50.9 Å². The van der Waals surface area contributed by atoms with Crippen LogP contribution in [0.15, 0.2) is 59.1 Å². The van der Waals surface area contributed by atoms with Gasteiger partial charge in [0.15, 0.2) is 11.6 Å². The Labute approximate surface area is 525 Å². The molecule has 10 rings (SSSR count). The highest BCUT2D eigenvalue weighted by atomic mass is 35.5. The van der Waals surface area contributed by atoms with E-state index in [1.54, 1.807) is 68.0 Å². The highest BCUT2D eigenvalue weighted by molar-refractivity contribution is 7.92. The summed E-state index contributed by atoms with van der Waals surface area (Å²) in [4.78, 5) is 42.2. The lowest BCUT2D eigenvalue weighted by atomic mass is 9.86. The zero-order chi connectivity index (χ0) is 63.2. The monoisotopic (exact) mass is 1290 g/mol. The summed E-state index contributed by atoms with van der Waals surface area (Å²) in [5.41, 5.74) is 6.95. The van der Waals surface area contributed by atoms with Crippen molar-refractivity contribution in [1.82, 2.24) is 49.7 Å². The molecule has 4 aliphatic rings. The van der Waals surface area contributed by atoms with Crippen LogP contribution in [0.4, 0.5) is 46.3 Å². The van der Waals surface area contributed by atoms with Gasteiger partial charge in [-0.25, -0.2) is 26.8 Å². The zero-order valence-corrected chi connectivity index (χ0v) is 55.4. The molecule has 27 heteroatoms. The summed E-state index contributed by atoms with van der Waals surface area (Å²) < 4.78 is 67.0. The van der Waals surface area contributed by atoms with Crippen molar-refractivity contribution >= 4 is 112 Å². The minimum absolute atomic E-state index is 0.00693. The number of ether oxygens (including phenoxy) is 2. The van der Waals surface area contributed by atoms with E-state index < -0.39 is 30.2 Å². The van der Waals surface area contributed by atoms with Crippen molar-refractivity contribution in [3.05, 3.63) is 81.4 Å². The van der Waals surface area contributed by atoms with E-state index in [0.29, 0.717) is 23.5 Å². The summed E-state index contributed by atoms with van der Waals surface area (Å²) in [6.07, 6.45) is 14.7. The largest absolute Gasteiger partial charge is 0.488 e. The Morgan fingerprint density at radius 1 is 0.586 bits per heavy atom. The number of nitrogens with zero attached hydrogens (tertiary/aromatic N) is 9. The molecule has 6 aromatic rings. The summed E-state index contributed by atoms with van der Waals surface area (Å²) in [6, 6.07) is 8.43. The van der Waals surface area contributed by atoms with Gasteiger partial charge >= 0.3 is 0 Å². The molecule has 472 valence electrons. The smallest absolute Gasteiger partial charge is 0.229 e. The van der Waals surface area contributed by atoms with Gasteiger partial charge in [0.2, 0.25) is 52.8 Å². The molecule has 2 aromatic carbocycles. The van der Waals surface area contributed by atoms with E-state index in [-0.39, 0.29) is 78.6 Å². The number of rotatable bonds is 20. The number of benzene rings is 2. The van der Waals surface area contributed by atoms with Crippen LogP contribution in [0.25, 0.3) is 0 Å². The first-order valence-corrected chi connectivity index (χ1v) is 33.8. The molecule has 2 aliphatic carbocycles. The van der Waals surface area contributed by atoms with E-state index in [2.05, 4.69) is 94.8 Å². The second-order valence-electron chi connectivity index (χ2n) is 23.8. The quantitative estimate of drug-likeness (QED) is 0.0444. The molecule has 0 spiro atoms. The first-order chi connectivity index (χ1) is 41.1. The molecule has 5 N–H and O–H groups in total. The van der Waals surface area contributed by atoms with Crippen LogP contribution in [0.3, 0.4) is 0 Å². The predicted octanol–water partition coefficient (Wildman–Crippen LogP) is 12.0. The topological polar surface area (TPSA) is 271 Å². The van der Waals surface area contributed by atoms with Gasteiger partial charge in [0, 0.05) is 51.4 Å². The maximum Gasteiger partial charge on any atom is 0.229 e. The van der Waals surface area contributed by atoms with E-state index in [0.717, 1.165) is 106 Å². The normalized spacial score (nSPS) is 15.9. The fourth-order valence-electron chi connectivity index (χ4n) is 9.82. The highest BCUT2D eigenvalue weighted by Crippen LogP contribution is 2.43. The number of anilines is 8. The molecule has 2 saturated carbocycles. The number of amides is 1. The number of aryl methyl sites for hydroxylation is 4. The highest BCUT2D eigenvalue weighted by Gasteiger charge is 2.32. The Kier molecular flexibility index (Phi) is 21.8. The molecule has 0 bridgehead atoms. The first-order valence-electron chi connectivity index (χ1n) is 29.6. The minimum Gasteiger partial charge on any atom is -0.488 e. The molecule has 0 atom stereocenters. The maximum atomic E-state index is 12.9. The number of aromatic nitrogens is 8. The van der Waals surface area contributed by atoms with Crippen molar-refractivity contribution in [2.45, 2.75) is 165 Å². The van der Waals surface area contributed by atoms with Crippen LogP contribution in [0.5, 0.6) is 11.5 Å². The molecule has 22 nitrogen and oxygen atoms in total. The summed E-state index contributed by atoms with van der Waals surface area (Å²) in [5, 5.41) is 23.3. The first kappa shape index (κ1) is 66.6. The maximum absolute atomic E-state index is 12.9. The van der Waals surface area contributed by atoms with E-state index >= 15 is 0 Å². The van der Waals surface area contributed by atoms with Crippen molar-refractivity contribution in [3.63, 3.8) is 0 Å². The molecule has 1 amide bonds. The van der Waals surface area contributed by atoms with E-state index in [1.165, 1.54) is 38.4 Å². The van der Waals surface area contributed by atoms with Gasteiger partial charge in [0.05, 0.1) is 57.9 Å². The molecule has 0 unspecified atom stereocenters. The van der Waals surface area contributed by atoms with Crippen molar-refractivity contribution < 1.29 is 35.9 Å². The Morgan fingerprint density at radius 3 is 1.33 bits per heavy atom. The van der Waals surface area contributed by atoms with Crippen LogP contribution in [-0.2, 0) is 43.4 Å². The Hall–Kier alpha value is -6.31. The number of hydrogen-bond donors (Lipinski definition) is 5. The average Bonchev–Trinajstić information content (AvgIpc) is 3.55. The molecular weight excluding hydrogens is 1220 g/mol. The molecule has 0 radical (unpaired) electrons. The minimum atomic E-state index is -3.65. The van der Waals surface area contributed by atoms with E-state index in [1.807, 2.05) is 18.7 Å². The van der Waals surface area contributed by atoms with Crippen molar-refractivity contribution in [2.75, 3.05) is 47.4 Å². The lowest BCUT2D eigenvalue weighted by Gasteiger charge is -2.34. The lowest BCUT2D eigenvalue weighted by Crippen LogP contribution is -2.40. The number of nitrogens with one attached hydrogen (secondary N) is 5. The van der Waals surface area contributed by atoms with Crippen molar-refractivity contribution in [3.8, 4) is 11.5 Å². The van der Waals surface area contributed by atoms with E-state index in [4.69, 9.17) is 44.3 Å². The standard InChI is InChI=1S/C30H40ClN7O4S.C26H34ClN7O3S.C4H7ClO/c1-17(2)29(39)38-11-9-20(10-12-38)22-14-26(42-21-7-8-21)24(13-19(22)5)34-30-32-15-23(31)27(35-30)33-25-16-37(6)36-28(25)43(40,41)18(3)4;1-15(2)38(35,36)25-22(14-34(4)33-25)30-24-20(27)13-29-26(32-24)31-21-11-16(3)19(17-7-9-28-10-8-17)12-23(21)37-18-5-6-18;1-3(2)4(5)6/h13-18,20-21H,7-12H2,1-6H3,(H2,32,33,34,35);11-15,17-18,28H,5-10H2,1-4H3,(H2,29,30,31,32);3H,1-2H3. The number of sulfone groups is 2. The summed E-state index contributed by atoms with van der Waals surface area (Å²) >= 11 is 17.8. The molecule has 87 heavy (non-hydrogen) atoms. The number of carbonyl (C=O) groups is 2. The van der Waals surface area contributed by atoms with Gasteiger partial charge < -0.3 is 41.0 Å².